The molecule has 0 aromatic heterocycles. The van der Waals surface area contributed by atoms with Gasteiger partial charge in [-0.2, -0.15) is 0 Å². The molecule has 1 fully saturated rings. The van der Waals surface area contributed by atoms with Crippen molar-refractivity contribution in [2.45, 2.75) is 42.5 Å². The Labute approximate surface area is 146 Å². The number of amides is 1. The number of thioether (sulfide) groups is 1. The molecule has 23 heavy (non-hydrogen) atoms. The average molecular weight is 356 g/mol. The molecule has 0 saturated carbocycles. The molecule has 1 aromatic rings. The molecule has 4 nitrogen and oxygen atoms in total. The fraction of sp³-hybridized carbons (Fsp3) is 0.529. The maximum Gasteiger partial charge on any atom is 0.328 e. The zero-order valence-electron chi connectivity index (χ0n) is 13.2. The van der Waals surface area contributed by atoms with Crippen LogP contribution in [0.15, 0.2) is 35.2 Å². The van der Waals surface area contributed by atoms with Crippen molar-refractivity contribution >= 4 is 35.2 Å². The molecular formula is C17H22ClNO3S. The van der Waals surface area contributed by atoms with Gasteiger partial charge in [0.05, 0.1) is 6.61 Å². The third kappa shape index (κ3) is 5.15. The van der Waals surface area contributed by atoms with Gasteiger partial charge < -0.3 is 9.64 Å². The quantitative estimate of drug-likeness (QED) is 0.427. The summed E-state index contributed by atoms with van der Waals surface area (Å²) in [5, 5.41) is -0.639. The highest BCUT2D eigenvalue weighted by Gasteiger charge is 2.37. The van der Waals surface area contributed by atoms with Gasteiger partial charge in [-0.1, -0.05) is 25.1 Å². The molecule has 0 bridgehead atoms. The van der Waals surface area contributed by atoms with Crippen molar-refractivity contribution in [2.75, 3.05) is 18.9 Å². The minimum absolute atomic E-state index is 0.175. The van der Waals surface area contributed by atoms with Crippen LogP contribution in [0.4, 0.5) is 0 Å². The van der Waals surface area contributed by atoms with Crippen LogP contribution in [0, 0.1) is 0 Å². The fourth-order valence-electron chi connectivity index (χ4n) is 2.51. The third-order valence-corrected chi connectivity index (χ3v) is 5.29. The SMILES string of the molecule is CCCOC(=O)[C@@H]1CCCN1C(=O)[C@@H](Cl)CSc1ccccc1. The van der Waals surface area contributed by atoms with Crippen LogP contribution in [0.5, 0.6) is 0 Å². The van der Waals surface area contributed by atoms with Crippen LogP contribution in [0.2, 0.25) is 0 Å². The van der Waals surface area contributed by atoms with E-state index in [1.54, 1.807) is 16.7 Å². The van der Waals surface area contributed by atoms with Crippen LogP contribution in [0.3, 0.4) is 0 Å². The number of likely N-dealkylation sites (tertiary alicyclic amines) is 1. The zero-order chi connectivity index (χ0) is 16.7. The minimum atomic E-state index is -0.639. The zero-order valence-corrected chi connectivity index (χ0v) is 14.8. The van der Waals surface area contributed by atoms with Crippen LogP contribution in [-0.4, -0.2) is 47.1 Å². The van der Waals surface area contributed by atoms with E-state index in [1.165, 1.54) is 0 Å². The number of carbonyl (C=O) groups excluding carboxylic acids is 2. The van der Waals surface area contributed by atoms with Gasteiger partial charge in [-0.05, 0) is 31.4 Å². The highest BCUT2D eigenvalue weighted by atomic mass is 35.5. The molecule has 2 rings (SSSR count). The molecule has 0 spiro atoms. The van der Waals surface area contributed by atoms with Crippen LogP contribution in [0.1, 0.15) is 26.2 Å². The summed E-state index contributed by atoms with van der Waals surface area (Å²) >= 11 is 7.81. The summed E-state index contributed by atoms with van der Waals surface area (Å²) in [5.74, 6) is 0.000728. The summed E-state index contributed by atoms with van der Waals surface area (Å²) in [7, 11) is 0. The maximum atomic E-state index is 12.5. The predicted molar refractivity (Wildman–Crippen MR) is 92.8 cm³/mol. The molecule has 0 radical (unpaired) electrons. The van der Waals surface area contributed by atoms with Gasteiger partial charge in [-0.25, -0.2) is 4.79 Å². The van der Waals surface area contributed by atoms with Crippen LogP contribution in [-0.2, 0) is 14.3 Å². The van der Waals surface area contributed by atoms with Gasteiger partial charge in [-0.15, -0.1) is 23.4 Å². The van der Waals surface area contributed by atoms with E-state index in [2.05, 4.69) is 0 Å². The number of carbonyl (C=O) groups is 2. The van der Waals surface area contributed by atoms with Crippen molar-refractivity contribution in [1.29, 1.82) is 0 Å². The van der Waals surface area contributed by atoms with E-state index < -0.39 is 11.4 Å². The molecule has 0 aliphatic carbocycles. The van der Waals surface area contributed by atoms with Crippen LogP contribution < -0.4 is 0 Å². The molecule has 126 valence electrons. The number of benzene rings is 1. The second kappa shape index (κ2) is 9.18. The first-order valence-electron chi connectivity index (χ1n) is 7.92. The third-order valence-electron chi connectivity index (χ3n) is 3.66. The van der Waals surface area contributed by atoms with Crippen molar-refractivity contribution < 1.29 is 14.3 Å². The molecule has 0 unspecified atom stereocenters. The summed E-state index contributed by atoms with van der Waals surface area (Å²) in [6, 6.07) is 9.35. The van der Waals surface area contributed by atoms with Gasteiger partial charge in [-0.3, -0.25) is 4.79 Å². The van der Waals surface area contributed by atoms with Gasteiger partial charge in [0.15, 0.2) is 0 Å². The predicted octanol–water partition coefficient (Wildman–Crippen LogP) is 3.33. The normalized spacial score (nSPS) is 18.7. The largest absolute Gasteiger partial charge is 0.464 e. The number of halogens is 1. The number of rotatable bonds is 7. The van der Waals surface area contributed by atoms with Crippen molar-refractivity contribution in [1.82, 2.24) is 4.90 Å². The van der Waals surface area contributed by atoms with E-state index in [0.717, 1.165) is 17.7 Å². The maximum absolute atomic E-state index is 12.5. The molecule has 1 saturated heterocycles. The summed E-state index contributed by atoms with van der Waals surface area (Å²) in [5.41, 5.74) is 0. The van der Waals surface area contributed by atoms with Crippen molar-refractivity contribution in [2.24, 2.45) is 0 Å². The Bertz CT molecular complexity index is 526. The molecule has 1 heterocycles. The number of ether oxygens (including phenoxy) is 1. The summed E-state index contributed by atoms with van der Waals surface area (Å²) in [6.45, 7) is 2.91. The standard InChI is InChI=1S/C17H22ClNO3S/c1-2-11-22-17(21)15-9-6-10-19(15)16(20)14(18)12-23-13-7-4-3-5-8-13/h3-5,7-8,14-15H,2,6,9-12H2,1H3/t14-,15-/m0/s1. The van der Waals surface area contributed by atoms with Crippen molar-refractivity contribution in [3.8, 4) is 0 Å². The number of nitrogens with zero attached hydrogens (tertiary/aromatic N) is 1. The molecule has 6 heteroatoms. The van der Waals surface area contributed by atoms with E-state index in [4.69, 9.17) is 16.3 Å². The average Bonchev–Trinajstić information content (AvgIpc) is 3.07. The molecule has 2 atom stereocenters. The number of alkyl halides is 1. The highest BCUT2D eigenvalue weighted by molar-refractivity contribution is 7.99. The van der Waals surface area contributed by atoms with Gasteiger partial charge in [0.2, 0.25) is 5.91 Å². The smallest absolute Gasteiger partial charge is 0.328 e. The number of esters is 1. The monoisotopic (exact) mass is 355 g/mol. The minimum Gasteiger partial charge on any atom is -0.464 e. The number of hydrogen-bond donors (Lipinski definition) is 0. The van der Waals surface area contributed by atoms with E-state index >= 15 is 0 Å². The second-order valence-electron chi connectivity index (χ2n) is 5.45. The van der Waals surface area contributed by atoms with E-state index in [1.807, 2.05) is 37.3 Å². The van der Waals surface area contributed by atoms with Gasteiger partial charge in [0, 0.05) is 17.2 Å². The Hall–Kier alpha value is -1.20. The Morgan fingerprint density at radius 2 is 2.13 bits per heavy atom. The Morgan fingerprint density at radius 3 is 2.83 bits per heavy atom. The molecule has 1 amide bonds. The lowest BCUT2D eigenvalue weighted by molar-refractivity contribution is -0.153. The van der Waals surface area contributed by atoms with Gasteiger partial charge in [0.25, 0.3) is 0 Å². The van der Waals surface area contributed by atoms with E-state index in [0.29, 0.717) is 25.3 Å². The Morgan fingerprint density at radius 1 is 1.39 bits per heavy atom. The summed E-state index contributed by atoms with van der Waals surface area (Å²) in [6.07, 6.45) is 2.25. The number of hydrogen-bond acceptors (Lipinski definition) is 4. The lowest BCUT2D eigenvalue weighted by Crippen LogP contribution is -2.45. The lowest BCUT2D eigenvalue weighted by atomic mass is 10.2. The Balaban J connectivity index is 1.88. The van der Waals surface area contributed by atoms with Crippen molar-refractivity contribution in [3.63, 3.8) is 0 Å². The van der Waals surface area contributed by atoms with Crippen molar-refractivity contribution in [3.05, 3.63) is 30.3 Å². The Kier molecular flexibility index (Phi) is 7.24. The van der Waals surface area contributed by atoms with E-state index in [9.17, 15) is 9.59 Å². The lowest BCUT2D eigenvalue weighted by Gasteiger charge is -2.25. The highest BCUT2D eigenvalue weighted by Crippen LogP contribution is 2.24. The van der Waals surface area contributed by atoms with Gasteiger partial charge in [0.1, 0.15) is 11.4 Å². The fourth-order valence-corrected chi connectivity index (χ4v) is 3.66. The van der Waals surface area contributed by atoms with Crippen LogP contribution >= 0.6 is 23.4 Å². The first-order chi connectivity index (χ1) is 11.1. The molecule has 0 N–H and O–H groups in total. The van der Waals surface area contributed by atoms with Gasteiger partial charge >= 0.3 is 5.97 Å². The molecule has 1 aliphatic heterocycles. The summed E-state index contributed by atoms with van der Waals surface area (Å²) < 4.78 is 5.18. The first kappa shape index (κ1) is 18.1. The van der Waals surface area contributed by atoms with Crippen LogP contribution in [0.25, 0.3) is 0 Å². The topological polar surface area (TPSA) is 46.6 Å². The molecule has 1 aromatic carbocycles. The summed E-state index contributed by atoms with van der Waals surface area (Å²) in [4.78, 5) is 27.2. The van der Waals surface area contributed by atoms with E-state index in [-0.39, 0.29) is 11.9 Å². The first-order valence-corrected chi connectivity index (χ1v) is 9.34. The molecular weight excluding hydrogens is 334 g/mol. The molecule has 1 aliphatic rings. The second-order valence-corrected chi connectivity index (χ2v) is 7.07.